The number of aryl methyl sites for hydroxylation is 1. The van der Waals surface area contributed by atoms with Crippen molar-refractivity contribution in [2.24, 2.45) is 0 Å². The Balaban J connectivity index is 2.02. The van der Waals surface area contributed by atoms with Gasteiger partial charge in [-0.15, -0.1) is 0 Å². The maximum Gasteiger partial charge on any atom is 0.271 e. The van der Waals surface area contributed by atoms with Gasteiger partial charge in [-0.1, -0.05) is 45.0 Å². The zero-order valence-corrected chi connectivity index (χ0v) is 21.6. The minimum absolute atomic E-state index is 0.118. The van der Waals surface area contributed by atoms with Gasteiger partial charge in [0.25, 0.3) is 5.69 Å². The van der Waals surface area contributed by atoms with Crippen molar-refractivity contribution >= 4 is 27.3 Å². The first-order valence-electron chi connectivity index (χ1n) is 11.8. The molecule has 0 fully saturated rings. The number of hydrogen-bond donors (Lipinski definition) is 1. The number of carbonyl (C=O) groups is 1. The lowest BCUT2D eigenvalue weighted by Gasteiger charge is -2.42. The fourth-order valence-electron chi connectivity index (χ4n) is 4.68. The van der Waals surface area contributed by atoms with Crippen LogP contribution in [-0.2, 0) is 14.8 Å². The van der Waals surface area contributed by atoms with Gasteiger partial charge in [0.2, 0.25) is 15.9 Å². The second-order valence-electron chi connectivity index (χ2n) is 9.01. The van der Waals surface area contributed by atoms with Crippen molar-refractivity contribution in [3.05, 3.63) is 63.7 Å². The molecule has 2 aromatic rings. The number of benzene rings is 2. The lowest BCUT2D eigenvalue weighted by molar-refractivity contribution is -0.384. The van der Waals surface area contributed by atoms with E-state index >= 15 is 0 Å². The quantitative estimate of drug-likeness (QED) is 0.393. The van der Waals surface area contributed by atoms with Crippen molar-refractivity contribution in [3.8, 4) is 5.75 Å². The Morgan fingerprint density at radius 3 is 2.46 bits per heavy atom. The molecule has 0 saturated heterocycles. The number of amides is 1. The van der Waals surface area contributed by atoms with Crippen LogP contribution in [0.1, 0.15) is 63.6 Å². The van der Waals surface area contributed by atoms with Crippen LogP contribution in [0.15, 0.2) is 42.5 Å². The number of non-ortho nitro benzene ring substituents is 1. The summed E-state index contributed by atoms with van der Waals surface area (Å²) in [5, 5.41) is 14.4. The maximum absolute atomic E-state index is 13.6. The fraction of sp³-hybridized carbons (Fsp3) is 0.480. The third-order valence-corrected chi connectivity index (χ3v) is 7.94. The Hall–Kier alpha value is -3.14. The first-order chi connectivity index (χ1) is 16.5. The van der Waals surface area contributed by atoms with E-state index in [2.05, 4.69) is 5.32 Å². The number of para-hydroxylation sites is 1. The maximum atomic E-state index is 13.6. The van der Waals surface area contributed by atoms with Crippen molar-refractivity contribution in [1.82, 2.24) is 5.32 Å². The van der Waals surface area contributed by atoms with Crippen molar-refractivity contribution in [2.75, 3.05) is 10.6 Å². The molecule has 0 bridgehead atoms. The van der Waals surface area contributed by atoms with E-state index in [1.54, 1.807) is 13.8 Å². The number of nitro benzene ring substituents is 1. The molecular formula is C25H33N3O6S. The van der Waals surface area contributed by atoms with Crippen LogP contribution in [0, 0.1) is 17.0 Å². The summed E-state index contributed by atoms with van der Waals surface area (Å²) in [5.74, 6) is 0.238. The van der Waals surface area contributed by atoms with Crippen LogP contribution >= 0.6 is 0 Å². The summed E-state index contributed by atoms with van der Waals surface area (Å²) in [6.45, 7) is 7.46. The van der Waals surface area contributed by atoms with Gasteiger partial charge in [0.1, 0.15) is 17.4 Å². The molecule has 0 unspecified atom stereocenters. The van der Waals surface area contributed by atoms with Crippen LogP contribution in [0.25, 0.3) is 0 Å². The molecule has 0 spiro atoms. The number of rotatable bonds is 9. The smallest absolute Gasteiger partial charge is 0.271 e. The second-order valence-corrected chi connectivity index (χ2v) is 10.9. The zero-order chi connectivity index (χ0) is 26.0. The molecule has 3 rings (SSSR count). The number of anilines is 1. The topological polar surface area (TPSA) is 119 Å². The van der Waals surface area contributed by atoms with Crippen LogP contribution in [0.2, 0.25) is 0 Å². The molecule has 0 aromatic heterocycles. The van der Waals surface area contributed by atoms with Gasteiger partial charge in [0.05, 0.1) is 22.9 Å². The van der Waals surface area contributed by atoms with Crippen LogP contribution in [0.3, 0.4) is 0 Å². The highest BCUT2D eigenvalue weighted by Crippen LogP contribution is 2.43. The largest absolute Gasteiger partial charge is 0.487 e. The predicted molar refractivity (Wildman–Crippen MR) is 135 cm³/mol. The van der Waals surface area contributed by atoms with Crippen LogP contribution in [0.5, 0.6) is 5.75 Å². The van der Waals surface area contributed by atoms with E-state index < -0.39 is 32.5 Å². The summed E-state index contributed by atoms with van der Waals surface area (Å²) < 4.78 is 33.1. The van der Waals surface area contributed by atoms with E-state index in [0.717, 1.165) is 29.0 Å². The van der Waals surface area contributed by atoms with E-state index in [9.17, 15) is 23.3 Å². The summed E-state index contributed by atoms with van der Waals surface area (Å²) in [6.07, 6.45) is 3.24. The van der Waals surface area contributed by atoms with Gasteiger partial charge >= 0.3 is 0 Å². The van der Waals surface area contributed by atoms with E-state index in [1.165, 1.54) is 18.2 Å². The first-order valence-corrected chi connectivity index (χ1v) is 13.6. The molecule has 1 heterocycles. The number of ether oxygens (including phenoxy) is 1. The minimum Gasteiger partial charge on any atom is -0.487 e. The van der Waals surface area contributed by atoms with E-state index in [4.69, 9.17) is 4.74 Å². The summed E-state index contributed by atoms with van der Waals surface area (Å²) in [7, 11) is -3.95. The third-order valence-electron chi connectivity index (χ3n) is 6.77. The predicted octanol–water partition coefficient (Wildman–Crippen LogP) is 4.65. The number of hydrogen-bond acceptors (Lipinski definition) is 6. The molecule has 2 aromatic carbocycles. The average Bonchev–Trinajstić information content (AvgIpc) is 2.81. The molecule has 0 radical (unpaired) electrons. The molecule has 1 amide bonds. The summed E-state index contributed by atoms with van der Waals surface area (Å²) in [4.78, 5) is 24.4. The lowest BCUT2D eigenvalue weighted by atomic mass is 9.83. The molecule has 1 N–H and O–H groups in total. The first kappa shape index (κ1) is 26.5. The molecule has 0 saturated carbocycles. The third kappa shape index (κ3) is 5.42. The monoisotopic (exact) mass is 503 g/mol. The number of sulfonamides is 1. The molecule has 1 aliphatic rings. The summed E-state index contributed by atoms with van der Waals surface area (Å²) in [5.41, 5.74) is 0.780. The van der Waals surface area contributed by atoms with E-state index in [1.807, 2.05) is 38.1 Å². The fourth-order valence-corrected chi connectivity index (χ4v) is 5.94. The van der Waals surface area contributed by atoms with Crippen LogP contribution < -0.4 is 14.4 Å². The highest BCUT2D eigenvalue weighted by molar-refractivity contribution is 7.92. The number of fused-ring (bicyclic) bond motifs is 1. The highest BCUT2D eigenvalue weighted by atomic mass is 32.2. The Bertz CT molecular complexity index is 1210. The highest BCUT2D eigenvalue weighted by Gasteiger charge is 2.41. The minimum atomic E-state index is -3.95. The zero-order valence-electron chi connectivity index (χ0n) is 20.8. The molecular weight excluding hydrogens is 470 g/mol. The number of nitro groups is 1. The Morgan fingerprint density at radius 1 is 1.23 bits per heavy atom. The van der Waals surface area contributed by atoms with Gasteiger partial charge in [0.15, 0.2) is 0 Å². The Kier molecular flexibility index (Phi) is 7.74. The number of nitrogens with one attached hydrogen (secondary N) is 1. The van der Waals surface area contributed by atoms with Crippen molar-refractivity contribution < 1.29 is 22.9 Å². The summed E-state index contributed by atoms with van der Waals surface area (Å²) in [6, 6.07) is 10.1. The Morgan fingerprint density at radius 2 is 1.89 bits per heavy atom. The normalized spacial score (nSPS) is 17.6. The standard InChI is InChI=1S/C25H33N3O6S/c1-6-21(27(35(5,32)33)22-15-18(28(30)31)14-13-17(22)4)24(29)26-20-16-25(7-2,8-3)34-23-12-10-9-11-19(20)23/h9-15,20-21H,6-8,16H2,1-5H3,(H,26,29)/t20-,21+/m0/s1. The summed E-state index contributed by atoms with van der Waals surface area (Å²) >= 11 is 0. The SMILES string of the molecule is CC[C@H](C(=O)N[C@H]1CC(CC)(CC)Oc2ccccc21)N(c1cc([N+](=O)[O-])ccc1C)S(C)(=O)=O. The van der Waals surface area contributed by atoms with E-state index in [0.29, 0.717) is 17.7 Å². The lowest BCUT2D eigenvalue weighted by Crippen LogP contribution is -2.52. The van der Waals surface area contributed by atoms with Crippen molar-refractivity contribution in [2.45, 2.75) is 71.1 Å². The van der Waals surface area contributed by atoms with Crippen LogP contribution in [-0.4, -0.2) is 37.1 Å². The van der Waals surface area contributed by atoms with Crippen molar-refractivity contribution in [1.29, 1.82) is 0 Å². The molecule has 2 atom stereocenters. The molecule has 35 heavy (non-hydrogen) atoms. The number of nitrogens with zero attached hydrogens (tertiary/aromatic N) is 2. The molecule has 190 valence electrons. The van der Waals surface area contributed by atoms with E-state index in [-0.39, 0.29) is 23.8 Å². The van der Waals surface area contributed by atoms with Gasteiger partial charge in [-0.25, -0.2) is 8.42 Å². The van der Waals surface area contributed by atoms with Crippen LogP contribution in [0.4, 0.5) is 11.4 Å². The second kappa shape index (κ2) is 10.2. The van der Waals surface area contributed by atoms with Gasteiger partial charge in [-0.05, 0) is 37.8 Å². The molecule has 10 heteroatoms. The van der Waals surface area contributed by atoms with Gasteiger partial charge in [-0.3, -0.25) is 19.2 Å². The van der Waals surface area contributed by atoms with Gasteiger partial charge in [0, 0.05) is 24.1 Å². The van der Waals surface area contributed by atoms with Gasteiger partial charge < -0.3 is 10.1 Å². The average molecular weight is 504 g/mol. The Labute approximate surface area is 206 Å². The molecule has 1 aliphatic heterocycles. The molecule has 9 nitrogen and oxygen atoms in total. The van der Waals surface area contributed by atoms with Gasteiger partial charge in [-0.2, -0.15) is 0 Å². The number of carbonyl (C=O) groups excluding carboxylic acids is 1. The van der Waals surface area contributed by atoms with Crippen molar-refractivity contribution in [3.63, 3.8) is 0 Å². The molecule has 0 aliphatic carbocycles.